The zero-order chi connectivity index (χ0) is 21.0. The third-order valence-electron chi connectivity index (χ3n) is 4.72. The van der Waals surface area contributed by atoms with E-state index in [2.05, 4.69) is 6.58 Å². The fraction of sp³-hybridized carbons (Fsp3) is 0.818. The second-order valence-electron chi connectivity index (χ2n) is 10.1. The van der Waals surface area contributed by atoms with Crippen molar-refractivity contribution in [2.24, 2.45) is 16.2 Å². The maximum absolute atomic E-state index is 12.9. The van der Waals surface area contributed by atoms with Crippen LogP contribution in [-0.4, -0.2) is 30.4 Å². The van der Waals surface area contributed by atoms with Crippen LogP contribution in [-0.2, 0) is 19.1 Å². The summed E-state index contributed by atoms with van der Waals surface area (Å²) in [6, 6.07) is 0. The highest BCUT2D eigenvalue weighted by molar-refractivity contribution is 5.91. The number of ether oxygens (including phenoxy) is 2. The fourth-order valence-corrected chi connectivity index (χ4v) is 3.16. The van der Waals surface area contributed by atoms with Gasteiger partial charge in [0.2, 0.25) is 0 Å². The van der Waals surface area contributed by atoms with Gasteiger partial charge in [0.15, 0.2) is 5.78 Å². The molecule has 0 N–H and O–H groups in total. The highest BCUT2D eigenvalue weighted by Gasteiger charge is 2.41. The van der Waals surface area contributed by atoms with E-state index in [9.17, 15) is 9.59 Å². The van der Waals surface area contributed by atoms with E-state index in [0.29, 0.717) is 31.8 Å². The normalized spacial score (nSPS) is 13.5. The van der Waals surface area contributed by atoms with Crippen LogP contribution >= 0.6 is 0 Å². The van der Waals surface area contributed by atoms with Gasteiger partial charge in [-0.05, 0) is 33.6 Å². The van der Waals surface area contributed by atoms with Gasteiger partial charge in [0.25, 0.3) is 0 Å². The van der Waals surface area contributed by atoms with Gasteiger partial charge in [-0.15, -0.1) is 0 Å². The molecule has 0 atom stereocenters. The van der Waals surface area contributed by atoms with Gasteiger partial charge >= 0.3 is 0 Å². The minimum absolute atomic E-state index is 0.0373. The van der Waals surface area contributed by atoms with E-state index in [0.717, 1.165) is 0 Å². The molecular weight excluding hydrogens is 328 g/mol. The number of carbonyl (C=O) groups excluding carboxylic acids is 2. The quantitative estimate of drug-likeness (QED) is 0.461. The van der Waals surface area contributed by atoms with E-state index in [4.69, 9.17) is 9.47 Å². The van der Waals surface area contributed by atoms with E-state index in [1.54, 1.807) is 20.8 Å². The minimum atomic E-state index is -0.909. The predicted octanol–water partition coefficient (Wildman–Crippen LogP) is 5.35. The molecule has 0 spiro atoms. The molecule has 0 saturated heterocycles. The number of Topliss-reactive ketones (excluding diaryl/α,β-unsaturated/α-hetero) is 2. The minimum Gasteiger partial charge on any atom is -0.499 e. The van der Waals surface area contributed by atoms with Crippen LogP contribution in [0.1, 0.15) is 82.1 Å². The molecule has 0 aliphatic rings. The van der Waals surface area contributed by atoms with Gasteiger partial charge in [0.1, 0.15) is 11.4 Å². The Balaban J connectivity index is 4.80. The van der Waals surface area contributed by atoms with Crippen LogP contribution in [0.15, 0.2) is 12.3 Å². The van der Waals surface area contributed by atoms with Crippen molar-refractivity contribution in [3.8, 4) is 0 Å². The summed E-state index contributed by atoms with van der Waals surface area (Å²) in [7, 11) is 0. The maximum atomic E-state index is 12.9. The smallest absolute Gasteiger partial charge is 0.169 e. The summed E-state index contributed by atoms with van der Waals surface area (Å²) < 4.78 is 11.3. The Kier molecular flexibility index (Phi) is 8.30. The molecule has 0 fully saturated rings. The molecule has 0 aromatic rings. The van der Waals surface area contributed by atoms with E-state index >= 15 is 0 Å². The van der Waals surface area contributed by atoms with E-state index < -0.39 is 16.4 Å². The first-order valence-electron chi connectivity index (χ1n) is 9.45. The summed E-state index contributed by atoms with van der Waals surface area (Å²) in [6.45, 7) is 23.4. The number of hydrogen-bond acceptors (Lipinski definition) is 4. The van der Waals surface area contributed by atoms with E-state index in [1.165, 1.54) is 0 Å². The standard InChI is InChI=1S/C22H40O4/c1-16(2)25-14-12-21(8,9)18(24)22(10,11)26-15-13-20(6,7)17(23)19(3,4)5/h1,12-15H2,2-11H3. The van der Waals surface area contributed by atoms with E-state index in [-0.39, 0.29) is 17.0 Å². The number of rotatable bonds is 11. The van der Waals surface area contributed by atoms with Gasteiger partial charge in [-0.1, -0.05) is 55.0 Å². The van der Waals surface area contributed by atoms with Crippen LogP contribution in [0.25, 0.3) is 0 Å². The Morgan fingerprint density at radius 2 is 1.19 bits per heavy atom. The lowest BCUT2D eigenvalue weighted by Crippen LogP contribution is -2.45. The molecule has 26 heavy (non-hydrogen) atoms. The van der Waals surface area contributed by atoms with Crippen molar-refractivity contribution in [1.82, 2.24) is 0 Å². The van der Waals surface area contributed by atoms with Gasteiger partial charge in [0, 0.05) is 22.9 Å². The zero-order valence-electron chi connectivity index (χ0n) is 18.7. The Morgan fingerprint density at radius 1 is 0.769 bits per heavy atom. The Morgan fingerprint density at radius 3 is 1.62 bits per heavy atom. The first-order valence-corrected chi connectivity index (χ1v) is 9.45. The number of allylic oxidation sites excluding steroid dienone is 1. The molecule has 0 bridgehead atoms. The average molecular weight is 369 g/mol. The molecule has 0 radical (unpaired) electrons. The van der Waals surface area contributed by atoms with Crippen LogP contribution in [0.3, 0.4) is 0 Å². The molecule has 0 heterocycles. The second-order valence-corrected chi connectivity index (χ2v) is 10.1. The van der Waals surface area contributed by atoms with Gasteiger partial charge in [0.05, 0.1) is 12.4 Å². The topological polar surface area (TPSA) is 52.6 Å². The number of carbonyl (C=O) groups is 2. The van der Waals surface area contributed by atoms with Crippen LogP contribution in [0.5, 0.6) is 0 Å². The molecule has 0 aliphatic carbocycles. The summed E-state index contributed by atoms with van der Waals surface area (Å²) >= 11 is 0. The van der Waals surface area contributed by atoms with Gasteiger partial charge in [-0.25, -0.2) is 0 Å². The molecule has 0 rings (SSSR count). The summed E-state index contributed by atoms with van der Waals surface area (Å²) in [4.78, 5) is 25.5. The molecule has 152 valence electrons. The third kappa shape index (κ3) is 7.61. The highest BCUT2D eigenvalue weighted by Crippen LogP contribution is 2.34. The fourth-order valence-electron chi connectivity index (χ4n) is 3.16. The first kappa shape index (κ1) is 24.8. The van der Waals surface area contributed by atoms with Crippen LogP contribution in [0.4, 0.5) is 0 Å². The molecule has 0 aromatic carbocycles. The Hall–Kier alpha value is -1.16. The lowest BCUT2D eigenvalue weighted by Gasteiger charge is -2.35. The van der Waals surface area contributed by atoms with Crippen LogP contribution < -0.4 is 0 Å². The van der Waals surface area contributed by atoms with Gasteiger partial charge in [-0.2, -0.15) is 0 Å². The molecule has 0 unspecified atom stereocenters. The second kappa shape index (κ2) is 8.69. The van der Waals surface area contributed by atoms with Gasteiger partial charge < -0.3 is 9.47 Å². The van der Waals surface area contributed by atoms with Gasteiger partial charge in [-0.3, -0.25) is 9.59 Å². The van der Waals surface area contributed by atoms with Crippen molar-refractivity contribution < 1.29 is 19.1 Å². The number of ketones is 2. The molecule has 0 amide bonds. The average Bonchev–Trinajstić information content (AvgIpc) is 2.43. The molecule has 0 aliphatic heterocycles. The van der Waals surface area contributed by atoms with E-state index in [1.807, 2.05) is 48.5 Å². The van der Waals surface area contributed by atoms with Crippen molar-refractivity contribution in [2.75, 3.05) is 13.2 Å². The monoisotopic (exact) mass is 368 g/mol. The summed E-state index contributed by atoms with van der Waals surface area (Å²) in [6.07, 6.45) is 1.18. The summed E-state index contributed by atoms with van der Waals surface area (Å²) in [5.74, 6) is 0.889. The zero-order valence-corrected chi connectivity index (χ0v) is 18.7. The van der Waals surface area contributed by atoms with Crippen molar-refractivity contribution in [1.29, 1.82) is 0 Å². The van der Waals surface area contributed by atoms with Crippen molar-refractivity contribution >= 4 is 11.6 Å². The summed E-state index contributed by atoms with van der Waals surface area (Å²) in [5.41, 5.74) is -2.34. The SMILES string of the molecule is C=C(C)OCCC(C)(C)C(=O)C(C)(C)OCCC(C)(C)C(=O)C(C)(C)C. The third-order valence-corrected chi connectivity index (χ3v) is 4.72. The largest absolute Gasteiger partial charge is 0.499 e. The molecule has 4 nitrogen and oxygen atoms in total. The highest BCUT2D eigenvalue weighted by atomic mass is 16.5. The van der Waals surface area contributed by atoms with Crippen molar-refractivity contribution in [2.45, 2.75) is 87.7 Å². The lowest BCUT2D eigenvalue weighted by atomic mass is 9.73. The Bertz CT molecular complexity index is 519. The molecule has 0 aromatic heterocycles. The van der Waals surface area contributed by atoms with Crippen LogP contribution in [0.2, 0.25) is 0 Å². The van der Waals surface area contributed by atoms with Crippen molar-refractivity contribution in [3.05, 3.63) is 12.3 Å². The molecular formula is C22H40O4. The Labute approximate surface area is 160 Å². The van der Waals surface area contributed by atoms with Crippen LogP contribution in [0, 0.1) is 16.2 Å². The maximum Gasteiger partial charge on any atom is 0.169 e. The first-order chi connectivity index (χ1) is 11.4. The molecule has 4 heteroatoms. The molecule has 0 saturated carbocycles. The van der Waals surface area contributed by atoms with Crippen molar-refractivity contribution in [3.63, 3.8) is 0 Å². The summed E-state index contributed by atoms with van der Waals surface area (Å²) in [5, 5.41) is 0. The predicted molar refractivity (Wildman–Crippen MR) is 107 cm³/mol. The number of hydrogen-bond donors (Lipinski definition) is 0. The lowest BCUT2D eigenvalue weighted by molar-refractivity contribution is -0.152.